The second kappa shape index (κ2) is 5.57. The molecule has 1 atom stereocenters. The van der Waals surface area contributed by atoms with Gasteiger partial charge < -0.3 is 10.1 Å². The fourth-order valence-electron chi connectivity index (χ4n) is 2.52. The molecule has 0 aromatic carbocycles. The molecule has 7 nitrogen and oxygen atoms in total. The zero-order chi connectivity index (χ0) is 15.7. The topological polar surface area (TPSA) is 71.8 Å². The van der Waals surface area contributed by atoms with E-state index in [9.17, 15) is 4.79 Å². The quantitative estimate of drug-likeness (QED) is 0.866. The van der Waals surface area contributed by atoms with E-state index in [0.717, 1.165) is 17.9 Å². The summed E-state index contributed by atoms with van der Waals surface area (Å²) in [6.07, 6.45) is 3.27. The van der Waals surface area contributed by atoms with Crippen LogP contribution in [0, 0.1) is 0 Å². The Morgan fingerprint density at radius 2 is 2.27 bits per heavy atom. The fourth-order valence-corrected chi connectivity index (χ4v) is 2.52. The van der Waals surface area contributed by atoms with Crippen LogP contribution in [-0.4, -0.2) is 50.8 Å². The molecular weight excluding hydrogens is 282 g/mol. The van der Waals surface area contributed by atoms with Crippen LogP contribution in [0.4, 0.5) is 4.79 Å². The molecule has 118 valence electrons. The van der Waals surface area contributed by atoms with Crippen molar-refractivity contribution in [2.45, 2.75) is 32.4 Å². The molecule has 0 saturated carbocycles. The van der Waals surface area contributed by atoms with Gasteiger partial charge in [-0.05, 0) is 26.8 Å². The molecule has 7 heteroatoms. The number of rotatable bonds is 1. The van der Waals surface area contributed by atoms with Crippen molar-refractivity contribution < 1.29 is 9.53 Å². The Bertz CT molecular complexity index is 643. The first-order chi connectivity index (χ1) is 10.4. The third-order valence-corrected chi connectivity index (χ3v) is 3.47. The Hall–Kier alpha value is -2.15. The van der Waals surface area contributed by atoms with Crippen LogP contribution in [0.15, 0.2) is 24.5 Å². The van der Waals surface area contributed by atoms with Gasteiger partial charge in [-0.15, -0.1) is 0 Å². The van der Waals surface area contributed by atoms with Crippen molar-refractivity contribution in [3.63, 3.8) is 0 Å². The molecule has 1 fully saturated rings. The van der Waals surface area contributed by atoms with E-state index in [0.29, 0.717) is 13.1 Å². The van der Waals surface area contributed by atoms with Gasteiger partial charge in [0, 0.05) is 38.1 Å². The number of hydrogen-bond acceptors (Lipinski definition) is 5. The molecule has 0 spiro atoms. The van der Waals surface area contributed by atoms with Crippen molar-refractivity contribution in [2.75, 3.05) is 19.6 Å². The lowest BCUT2D eigenvalue weighted by molar-refractivity contribution is 0.0113. The van der Waals surface area contributed by atoms with Crippen LogP contribution in [0.5, 0.6) is 0 Å². The highest BCUT2D eigenvalue weighted by Crippen LogP contribution is 2.24. The predicted octanol–water partition coefficient (Wildman–Crippen LogP) is 1.61. The van der Waals surface area contributed by atoms with Crippen molar-refractivity contribution in [3.8, 4) is 0 Å². The molecule has 2 aromatic heterocycles. The number of hydrogen-bond donors (Lipinski definition) is 1. The van der Waals surface area contributed by atoms with Crippen molar-refractivity contribution in [1.82, 2.24) is 24.8 Å². The molecule has 0 radical (unpaired) electrons. The Morgan fingerprint density at radius 3 is 3.00 bits per heavy atom. The molecule has 1 amide bonds. The normalized spacial score (nSPS) is 19.4. The van der Waals surface area contributed by atoms with Gasteiger partial charge >= 0.3 is 6.09 Å². The number of carbonyl (C=O) groups excluding carboxylic acids is 1. The van der Waals surface area contributed by atoms with E-state index in [1.54, 1.807) is 15.6 Å². The zero-order valence-corrected chi connectivity index (χ0v) is 13.1. The van der Waals surface area contributed by atoms with Crippen molar-refractivity contribution in [2.24, 2.45) is 0 Å². The smallest absolute Gasteiger partial charge is 0.410 e. The fraction of sp³-hybridized carbons (Fsp3) is 0.533. The summed E-state index contributed by atoms with van der Waals surface area (Å²) in [5, 5.41) is 7.84. The maximum Gasteiger partial charge on any atom is 0.410 e. The molecular formula is C15H21N5O2. The number of aromatic nitrogens is 3. The number of nitrogens with zero attached hydrogens (tertiary/aromatic N) is 4. The monoisotopic (exact) mass is 303 g/mol. The van der Waals surface area contributed by atoms with Crippen LogP contribution in [0.3, 0.4) is 0 Å². The van der Waals surface area contributed by atoms with Crippen LogP contribution in [0.1, 0.15) is 32.5 Å². The Kier molecular flexibility index (Phi) is 3.74. The number of fused-ring (bicyclic) bond motifs is 1. The standard InChI is InChI=1S/C15H21N5O2/c1-15(2,3)22-14(21)19-8-6-16-10-12(19)11-9-13-17-5-4-7-20(13)18-11/h4-5,7,9,12,16H,6,8,10H2,1-3H3. The van der Waals surface area contributed by atoms with E-state index >= 15 is 0 Å². The van der Waals surface area contributed by atoms with Crippen LogP contribution < -0.4 is 5.32 Å². The highest BCUT2D eigenvalue weighted by atomic mass is 16.6. The summed E-state index contributed by atoms with van der Waals surface area (Å²) < 4.78 is 7.23. The van der Waals surface area contributed by atoms with Gasteiger partial charge in [-0.2, -0.15) is 5.10 Å². The summed E-state index contributed by atoms with van der Waals surface area (Å²) in [4.78, 5) is 18.4. The van der Waals surface area contributed by atoms with Gasteiger partial charge in [-0.25, -0.2) is 14.3 Å². The average Bonchev–Trinajstić information content (AvgIpc) is 2.89. The first kappa shape index (κ1) is 14.8. The molecule has 1 aliphatic rings. The molecule has 22 heavy (non-hydrogen) atoms. The lowest BCUT2D eigenvalue weighted by Crippen LogP contribution is -2.50. The predicted molar refractivity (Wildman–Crippen MR) is 81.5 cm³/mol. The minimum atomic E-state index is -0.507. The summed E-state index contributed by atoms with van der Waals surface area (Å²) in [5.74, 6) is 0. The van der Waals surface area contributed by atoms with Crippen LogP contribution in [0.2, 0.25) is 0 Å². The third kappa shape index (κ3) is 3.04. The van der Waals surface area contributed by atoms with Gasteiger partial charge in [-0.3, -0.25) is 4.90 Å². The number of ether oxygens (including phenoxy) is 1. The molecule has 3 heterocycles. The molecule has 1 saturated heterocycles. The van der Waals surface area contributed by atoms with Gasteiger partial charge in [0.15, 0.2) is 5.65 Å². The molecule has 3 rings (SSSR count). The number of nitrogens with one attached hydrogen (secondary N) is 1. The van der Waals surface area contributed by atoms with E-state index in [4.69, 9.17) is 4.74 Å². The van der Waals surface area contributed by atoms with Gasteiger partial charge in [0.05, 0.1) is 11.7 Å². The van der Waals surface area contributed by atoms with E-state index in [1.165, 1.54) is 0 Å². The zero-order valence-electron chi connectivity index (χ0n) is 13.1. The summed E-state index contributed by atoms with van der Waals surface area (Å²) in [7, 11) is 0. The van der Waals surface area contributed by atoms with Crippen molar-refractivity contribution >= 4 is 11.7 Å². The first-order valence-electron chi connectivity index (χ1n) is 7.45. The number of carbonyl (C=O) groups is 1. The number of piperazine rings is 1. The largest absolute Gasteiger partial charge is 0.444 e. The second-order valence-electron chi connectivity index (χ2n) is 6.39. The molecule has 1 unspecified atom stereocenters. The van der Waals surface area contributed by atoms with E-state index in [-0.39, 0.29) is 12.1 Å². The van der Waals surface area contributed by atoms with E-state index in [2.05, 4.69) is 15.4 Å². The summed E-state index contributed by atoms with van der Waals surface area (Å²) in [6.45, 7) is 7.62. The average molecular weight is 303 g/mol. The lowest BCUT2D eigenvalue weighted by atomic mass is 10.1. The SMILES string of the molecule is CC(C)(C)OC(=O)N1CCNCC1c1cc2ncccn2n1. The highest BCUT2D eigenvalue weighted by molar-refractivity contribution is 5.69. The third-order valence-electron chi connectivity index (χ3n) is 3.47. The van der Waals surface area contributed by atoms with Crippen LogP contribution >= 0.6 is 0 Å². The van der Waals surface area contributed by atoms with Gasteiger partial charge in [0.25, 0.3) is 0 Å². The van der Waals surface area contributed by atoms with E-state index in [1.807, 2.05) is 39.1 Å². The second-order valence-corrected chi connectivity index (χ2v) is 6.39. The Morgan fingerprint density at radius 1 is 1.45 bits per heavy atom. The summed E-state index contributed by atoms with van der Waals surface area (Å²) in [5.41, 5.74) is 1.08. The minimum absolute atomic E-state index is 0.148. The molecule has 1 N–H and O–H groups in total. The molecule has 2 aromatic rings. The summed E-state index contributed by atoms with van der Waals surface area (Å²) >= 11 is 0. The maximum absolute atomic E-state index is 12.4. The van der Waals surface area contributed by atoms with Gasteiger partial charge in [0.2, 0.25) is 0 Å². The molecule has 0 bridgehead atoms. The van der Waals surface area contributed by atoms with E-state index < -0.39 is 5.60 Å². The Labute approximate surface area is 129 Å². The minimum Gasteiger partial charge on any atom is -0.444 e. The molecule has 0 aliphatic carbocycles. The van der Waals surface area contributed by atoms with Crippen molar-refractivity contribution in [3.05, 3.63) is 30.2 Å². The number of amides is 1. The summed E-state index contributed by atoms with van der Waals surface area (Å²) in [6, 6.07) is 3.59. The first-order valence-corrected chi connectivity index (χ1v) is 7.45. The van der Waals surface area contributed by atoms with Crippen LogP contribution in [0.25, 0.3) is 5.65 Å². The van der Waals surface area contributed by atoms with Crippen LogP contribution in [-0.2, 0) is 4.74 Å². The van der Waals surface area contributed by atoms with Gasteiger partial charge in [-0.1, -0.05) is 0 Å². The van der Waals surface area contributed by atoms with Crippen molar-refractivity contribution in [1.29, 1.82) is 0 Å². The lowest BCUT2D eigenvalue weighted by Gasteiger charge is -2.36. The molecule has 1 aliphatic heterocycles. The van der Waals surface area contributed by atoms with Gasteiger partial charge in [0.1, 0.15) is 5.60 Å². The maximum atomic E-state index is 12.4. The Balaban J connectivity index is 1.87. The highest BCUT2D eigenvalue weighted by Gasteiger charge is 2.32.